The summed E-state index contributed by atoms with van der Waals surface area (Å²) in [5, 5.41) is 13.2. The van der Waals surface area contributed by atoms with Crippen LogP contribution in [0.5, 0.6) is 0 Å². The fourth-order valence-corrected chi connectivity index (χ4v) is 8.30. The van der Waals surface area contributed by atoms with Crippen molar-refractivity contribution in [3.63, 3.8) is 0 Å². The number of hydrogen-bond donors (Lipinski definition) is 0. The molecule has 1 aromatic rings. The van der Waals surface area contributed by atoms with Gasteiger partial charge >= 0.3 is 0 Å². The zero-order valence-corrected chi connectivity index (χ0v) is 18.3. The standard InChI is InChI=1S/C25H34FN3O/c1-16-7-11-25(26)17(13-16)3-4-19-20-5-6-22(24(20,2)10-8-21(19)25)23(30)15-29-12-9-18(14-27)28-29/h9,12,16-17,19-22H,3-8,10-11,13,15H2,1-2H3/t16-,17+,19-,20?,21?,22+,24-,25+/m0/s1. The third-order valence-electron chi connectivity index (χ3n) is 9.75. The number of aromatic nitrogens is 2. The lowest BCUT2D eigenvalue weighted by molar-refractivity contribution is -0.146. The van der Waals surface area contributed by atoms with Crippen LogP contribution < -0.4 is 0 Å². The predicted octanol–water partition coefficient (Wildman–Crippen LogP) is 5.32. The van der Waals surface area contributed by atoms with Crippen molar-refractivity contribution >= 4 is 5.78 Å². The van der Waals surface area contributed by atoms with Crippen molar-refractivity contribution in [3.8, 4) is 6.07 Å². The van der Waals surface area contributed by atoms with Crippen molar-refractivity contribution in [2.45, 2.75) is 83.8 Å². The molecule has 5 rings (SSSR count). The number of halogens is 1. The van der Waals surface area contributed by atoms with E-state index in [0.717, 1.165) is 57.8 Å². The molecule has 0 amide bonds. The molecule has 1 heterocycles. The van der Waals surface area contributed by atoms with E-state index in [0.29, 0.717) is 23.4 Å². The van der Waals surface area contributed by atoms with Gasteiger partial charge in [-0.1, -0.05) is 13.8 Å². The van der Waals surface area contributed by atoms with Gasteiger partial charge in [-0.3, -0.25) is 9.48 Å². The Labute approximate surface area is 179 Å². The minimum absolute atomic E-state index is 0.00534. The summed E-state index contributed by atoms with van der Waals surface area (Å²) >= 11 is 0. The van der Waals surface area contributed by atoms with Crippen LogP contribution in [0.2, 0.25) is 0 Å². The maximum atomic E-state index is 16.4. The molecule has 5 heteroatoms. The van der Waals surface area contributed by atoms with Gasteiger partial charge in [0.15, 0.2) is 11.5 Å². The number of fused-ring (bicyclic) bond motifs is 5. The summed E-state index contributed by atoms with van der Waals surface area (Å²) in [6, 6.07) is 3.68. The molecule has 0 aromatic carbocycles. The number of carbonyl (C=O) groups is 1. The van der Waals surface area contributed by atoms with E-state index >= 15 is 4.39 Å². The highest BCUT2D eigenvalue weighted by atomic mass is 19.1. The second-order valence-electron chi connectivity index (χ2n) is 11.1. The van der Waals surface area contributed by atoms with Crippen LogP contribution in [0.15, 0.2) is 12.3 Å². The van der Waals surface area contributed by atoms with Gasteiger partial charge in [-0.05, 0) is 98.9 Å². The molecule has 4 aliphatic rings. The first-order valence-electron chi connectivity index (χ1n) is 12.0. The fourth-order valence-electron chi connectivity index (χ4n) is 8.30. The first kappa shape index (κ1) is 20.2. The van der Waals surface area contributed by atoms with Crippen LogP contribution in [0.3, 0.4) is 0 Å². The summed E-state index contributed by atoms with van der Waals surface area (Å²) in [6.07, 6.45) is 10.7. The minimum Gasteiger partial charge on any atom is -0.297 e. The summed E-state index contributed by atoms with van der Waals surface area (Å²) in [5.41, 5.74) is -0.610. The van der Waals surface area contributed by atoms with E-state index in [4.69, 9.17) is 5.26 Å². The number of nitrogens with zero attached hydrogens (tertiary/aromatic N) is 3. The predicted molar refractivity (Wildman–Crippen MR) is 112 cm³/mol. The highest BCUT2D eigenvalue weighted by Crippen LogP contribution is 2.66. The van der Waals surface area contributed by atoms with Crippen LogP contribution in [0.25, 0.3) is 0 Å². The quantitative estimate of drug-likeness (QED) is 0.676. The van der Waals surface area contributed by atoms with Crippen LogP contribution in [-0.4, -0.2) is 21.2 Å². The monoisotopic (exact) mass is 411 g/mol. The lowest BCUT2D eigenvalue weighted by Gasteiger charge is -2.58. The molecular weight excluding hydrogens is 377 g/mol. The average molecular weight is 412 g/mol. The van der Waals surface area contributed by atoms with Crippen molar-refractivity contribution in [1.29, 1.82) is 5.26 Å². The van der Waals surface area contributed by atoms with Gasteiger partial charge in [0.2, 0.25) is 0 Å². The largest absolute Gasteiger partial charge is 0.297 e. The number of ketones is 1. The summed E-state index contributed by atoms with van der Waals surface area (Å²) < 4.78 is 18.0. The zero-order valence-electron chi connectivity index (χ0n) is 18.3. The first-order chi connectivity index (χ1) is 14.3. The first-order valence-corrected chi connectivity index (χ1v) is 12.0. The molecule has 0 aliphatic heterocycles. The topological polar surface area (TPSA) is 58.7 Å². The Balaban J connectivity index is 1.34. The summed E-state index contributed by atoms with van der Waals surface area (Å²) in [7, 11) is 0. The fraction of sp³-hybridized carbons (Fsp3) is 0.800. The van der Waals surface area contributed by atoms with Crippen molar-refractivity contribution in [1.82, 2.24) is 9.78 Å². The summed E-state index contributed by atoms with van der Waals surface area (Å²) in [6.45, 7) is 4.85. The van der Waals surface area contributed by atoms with E-state index in [1.807, 2.05) is 6.07 Å². The Bertz CT molecular complexity index is 874. The molecule has 4 saturated carbocycles. The molecule has 30 heavy (non-hydrogen) atoms. The molecule has 2 unspecified atom stereocenters. The van der Waals surface area contributed by atoms with Gasteiger partial charge < -0.3 is 0 Å². The molecule has 4 nitrogen and oxygen atoms in total. The van der Waals surface area contributed by atoms with Crippen molar-refractivity contribution in [2.24, 2.45) is 40.9 Å². The molecule has 0 spiro atoms. The Morgan fingerprint density at radius 1 is 1.23 bits per heavy atom. The highest BCUT2D eigenvalue weighted by molar-refractivity contribution is 5.82. The molecule has 4 aliphatic carbocycles. The number of nitriles is 1. The van der Waals surface area contributed by atoms with Gasteiger partial charge in [-0.25, -0.2) is 4.39 Å². The molecule has 1 aromatic heterocycles. The van der Waals surface area contributed by atoms with Gasteiger partial charge in [-0.2, -0.15) is 10.4 Å². The van der Waals surface area contributed by atoms with E-state index in [2.05, 4.69) is 18.9 Å². The van der Waals surface area contributed by atoms with Crippen LogP contribution >= 0.6 is 0 Å². The van der Waals surface area contributed by atoms with Crippen molar-refractivity contribution in [3.05, 3.63) is 18.0 Å². The number of hydrogen-bond acceptors (Lipinski definition) is 3. The average Bonchev–Trinajstić information content (AvgIpc) is 3.32. The Morgan fingerprint density at radius 3 is 2.83 bits per heavy atom. The van der Waals surface area contributed by atoms with E-state index < -0.39 is 5.67 Å². The molecule has 162 valence electrons. The molecule has 8 atom stereocenters. The van der Waals surface area contributed by atoms with Crippen molar-refractivity contribution < 1.29 is 9.18 Å². The molecule has 0 radical (unpaired) electrons. The van der Waals surface area contributed by atoms with E-state index in [1.54, 1.807) is 16.9 Å². The Kier molecular flexibility index (Phi) is 4.84. The molecular formula is C25H34FN3O. The number of rotatable bonds is 3. The van der Waals surface area contributed by atoms with E-state index in [-0.39, 0.29) is 35.5 Å². The number of carbonyl (C=O) groups excluding carboxylic acids is 1. The Hall–Kier alpha value is -1.70. The van der Waals surface area contributed by atoms with Crippen LogP contribution in [0.1, 0.15) is 77.3 Å². The molecule has 0 bridgehead atoms. The van der Waals surface area contributed by atoms with Gasteiger partial charge in [0.25, 0.3) is 0 Å². The second kappa shape index (κ2) is 7.18. The summed E-state index contributed by atoms with van der Waals surface area (Å²) in [5.74, 6) is 2.34. The highest BCUT2D eigenvalue weighted by Gasteiger charge is 2.62. The van der Waals surface area contributed by atoms with E-state index in [9.17, 15) is 4.79 Å². The van der Waals surface area contributed by atoms with Gasteiger partial charge in [0.05, 0.1) is 6.54 Å². The third kappa shape index (κ3) is 2.97. The van der Waals surface area contributed by atoms with Crippen LogP contribution in [-0.2, 0) is 11.3 Å². The molecule has 4 fully saturated rings. The van der Waals surface area contributed by atoms with Crippen LogP contribution in [0.4, 0.5) is 4.39 Å². The number of alkyl halides is 1. The lowest BCUT2D eigenvalue weighted by atomic mass is 9.48. The maximum absolute atomic E-state index is 16.4. The normalized spacial score (nSPS) is 45.1. The SMILES string of the molecule is C[C@H]1CC[C@]2(F)C3CC[C@@]4(C)C(CC[C@@H]4C(=O)Cn4ccc(C#N)n4)[C@@H]3CC[C@@H]2C1. The lowest BCUT2D eigenvalue weighted by Crippen LogP contribution is -2.56. The third-order valence-corrected chi connectivity index (χ3v) is 9.75. The zero-order chi connectivity index (χ0) is 21.1. The maximum Gasteiger partial charge on any atom is 0.162 e. The smallest absolute Gasteiger partial charge is 0.162 e. The van der Waals surface area contributed by atoms with Gasteiger partial charge in [0.1, 0.15) is 11.7 Å². The second-order valence-corrected chi connectivity index (χ2v) is 11.1. The van der Waals surface area contributed by atoms with Gasteiger partial charge in [0, 0.05) is 12.1 Å². The molecule has 0 saturated heterocycles. The number of Topliss-reactive ketones (excluding diaryl/α,β-unsaturated/α-hetero) is 1. The van der Waals surface area contributed by atoms with E-state index in [1.165, 1.54) is 0 Å². The minimum atomic E-state index is -0.957. The summed E-state index contributed by atoms with van der Waals surface area (Å²) in [4.78, 5) is 13.2. The van der Waals surface area contributed by atoms with Crippen LogP contribution in [0, 0.1) is 52.3 Å². The van der Waals surface area contributed by atoms with Crippen molar-refractivity contribution in [2.75, 3.05) is 0 Å². The van der Waals surface area contributed by atoms with Gasteiger partial charge in [-0.15, -0.1) is 0 Å². The molecule has 0 N–H and O–H groups in total. The Morgan fingerprint density at radius 2 is 2.07 bits per heavy atom.